The number of rotatable bonds is 7. The van der Waals surface area contributed by atoms with Crippen LogP contribution < -0.4 is 10.2 Å². The zero-order valence-corrected chi connectivity index (χ0v) is 17.4. The molecule has 1 N–H and O–H groups in total. The molecule has 1 heterocycles. The molecule has 0 aromatic heterocycles. The summed E-state index contributed by atoms with van der Waals surface area (Å²) in [5.74, 6) is -1.65. The molecule has 0 saturated carbocycles. The molecule has 0 bridgehead atoms. The molecule has 2 aromatic carbocycles. The fourth-order valence-corrected chi connectivity index (χ4v) is 3.56. The van der Waals surface area contributed by atoms with Crippen molar-refractivity contribution in [3.63, 3.8) is 0 Å². The van der Waals surface area contributed by atoms with E-state index in [2.05, 4.69) is 5.32 Å². The Morgan fingerprint density at radius 2 is 1.78 bits per heavy atom. The Balaban J connectivity index is 1.76. The van der Waals surface area contributed by atoms with Crippen molar-refractivity contribution in [2.75, 3.05) is 29.9 Å². The monoisotopic (exact) mass is 442 g/mol. The smallest absolute Gasteiger partial charge is 0.341 e. The van der Waals surface area contributed by atoms with Crippen LogP contribution in [0.15, 0.2) is 36.4 Å². The highest BCUT2D eigenvalue weighted by Crippen LogP contribution is 2.29. The number of nitro benzene ring substituents is 2. The van der Waals surface area contributed by atoms with Gasteiger partial charge in [0, 0.05) is 31.3 Å². The molecule has 3 rings (SSSR count). The number of hydrogen-bond donors (Lipinski definition) is 1. The number of para-hydroxylation sites is 1. The molecular formula is C21H22N4O7. The maximum atomic E-state index is 12.7. The van der Waals surface area contributed by atoms with Crippen LogP contribution in [0.25, 0.3) is 0 Å². The normalized spacial score (nSPS) is 13.3. The van der Waals surface area contributed by atoms with Gasteiger partial charge in [-0.1, -0.05) is 12.1 Å². The lowest BCUT2D eigenvalue weighted by molar-refractivity contribution is -0.384. The standard InChI is InChI=1S/C21H22N4O7/c1-14-6-5-7-18(25(30)31)20(14)22-19(26)13-32-21(27)16-12-15(24(28)29)8-9-17(16)23-10-3-2-4-11-23/h5-9,12H,2-4,10-11,13H2,1H3,(H,22,26). The summed E-state index contributed by atoms with van der Waals surface area (Å²) >= 11 is 0. The summed E-state index contributed by atoms with van der Waals surface area (Å²) in [5.41, 5.74) is 0.451. The fraction of sp³-hybridized carbons (Fsp3) is 0.333. The number of benzene rings is 2. The molecule has 1 amide bonds. The highest BCUT2D eigenvalue weighted by atomic mass is 16.6. The highest BCUT2D eigenvalue weighted by molar-refractivity contribution is 6.00. The molecule has 1 aliphatic rings. The maximum absolute atomic E-state index is 12.7. The van der Waals surface area contributed by atoms with Crippen molar-refractivity contribution in [3.8, 4) is 0 Å². The van der Waals surface area contributed by atoms with Crippen LogP contribution in [0.2, 0.25) is 0 Å². The molecule has 168 valence electrons. The van der Waals surface area contributed by atoms with Crippen LogP contribution in [0, 0.1) is 27.2 Å². The van der Waals surface area contributed by atoms with Crippen LogP contribution in [0.5, 0.6) is 0 Å². The quantitative estimate of drug-likeness (QED) is 0.389. The fourth-order valence-electron chi connectivity index (χ4n) is 3.56. The molecule has 0 unspecified atom stereocenters. The van der Waals surface area contributed by atoms with Gasteiger partial charge >= 0.3 is 5.97 Å². The number of nitrogens with zero attached hydrogens (tertiary/aromatic N) is 3. The van der Waals surface area contributed by atoms with Gasteiger partial charge in [0.1, 0.15) is 5.69 Å². The summed E-state index contributed by atoms with van der Waals surface area (Å²) in [6.07, 6.45) is 2.93. The number of nitro groups is 2. The highest BCUT2D eigenvalue weighted by Gasteiger charge is 2.24. The molecule has 0 spiro atoms. The number of amides is 1. The van der Waals surface area contributed by atoms with Crippen molar-refractivity contribution in [2.24, 2.45) is 0 Å². The number of ether oxygens (including phenoxy) is 1. The molecule has 2 aromatic rings. The first-order valence-electron chi connectivity index (χ1n) is 10.0. The second-order valence-corrected chi connectivity index (χ2v) is 7.36. The van der Waals surface area contributed by atoms with E-state index in [9.17, 15) is 29.8 Å². The van der Waals surface area contributed by atoms with E-state index >= 15 is 0 Å². The molecule has 1 saturated heterocycles. The largest absolute Gasteiger partial charge is 0.452 e. The third kappa shape index (κ3) is 5.17. The van der Waals surface area contributed by atoms with Gasteiger partial charge in [0.2, 0.25) is 0 Å². The van der Waals surface area contributed by atoms with Crippen molar-refractivity contribution in [1.82, 2.24) is 0 Å². The van der Waals surface area contributed by atoms with Crippen molar-refractivity contribution in [3.05, 3.63) is 67.8 Å². The Kier molecular flexibility index (Phi) is 6.98. The number of esters is 1. The SMILES string of the molecule is Cc1cccc([N+](=O)[O-])c1NC(=O)COC(=O)c1cc([N+](=O)[O-])ccc1N1CCCCC1. The van der Waals surface area contributed by atoms with Crippen LogP contribution in [-0.4, -0.2) is 41.4 Å². The average Bonchev–Trinajstić information content (AvgIpc) is 2.78. The summed E-state index contributed by atoms with van der Waals surface area (Å²) in [6.45, 7) is 2.31. The predicted octanol–water partition coefficient (Wildman–Crippen LogP) is 3.60. The number of nitrogens with one attached hydrogen (secondary N) is 1. The van der Waals surface area contributed by atoms with E-state index in [1.807, 2.05) is 4.90 Å². The average molecular weight is 442 g/mol. The molecule has 0 aliphatic carbocycles. The molecule has 11 heteroatoms. The molecule has 11 nitrogen and oxygen atoms in total. The van der Waals surface area contributed by atoms with Gasteiger partial charge in [-0.2, -0.15) is 0 Å². The van der Waals surface area contributed by atoms with Gasteiger partial charge in [-0.05, 0) is 37.8 Å². The van der Waals surface area contributed by atoms with Gasteiger partial charge in [-0.3, -0.25) is 25.0 Å². The van der Waals surface area contributed by atoms with Crippen LogP contribution >= 0.6 is 0 Å². The van der Waals surface area contributed by atoms with E-state index in [1.54, 1.807) is 13.0 Å². The lowest BCUT2D eigenvalue weighted by atomic mass is 10.1. The zero-order valence-electron chi connectivity index (χ0n) is 17.4. The Hall–Kier alpha value is -4.02. The minimum absolute atomic E-state index is 0.00391. The first-order chi connectivity index (χ1) is 15.3. The summed E-state index contributed by atoms with van der Waals surface area (Å²) in [6, 6.07) is 8.32. The van der Waals surface area contributed by atoms with E-state index in [0.717, 1.165) is 25.3 Å². The third-order valence-corrected chi connectivity index (χ3v) is 5.15. The number of carbonyl (C=O) groups is 2. The Morgan fingerprint density at radius 3 is 2.44 bits per heavy atom. The predicted molar refractivity (Wildman–Crippen MR) is 116 cm³/mol. The first-order valence-corrected chi connectivity index (χ1v) is 10.0. The Morgan fingerprint density at radius 1 is 1.06 bits per heavy atom. The Labute approximate surface area is 183 Å². The van der Waals surface area contributed by atoms with Crippen LogP contribution in [0.4, 0.5) is 22.7 Å². The number of piperidine rings is 1. The van der Waals surface area contributed by atoms with E-state index in [-0.39, 0.29) is 22.6 Å². The van der Waals surface area contributed by atoms with E-state index < -0.39 is 28.3 Å². The third-order valence-electron chi connectivity index (χ3n) is 5.15. The van der Waals surface area contributed by atoms with Gasteiger partial charge in [-0.15, -0.1) is 0 Å². The van der Waals surface area contributed by atoms with Gasteiger partial charge < -0.3 is 15.0 Å². The van der Waals surface area contributed by atoms with Crippen molar-refractivity contribution in [2.45, 2.75) is 26.2 Å². The van der Waals surface area contributed by atoms with E-state index in [1.165, 1.54) is 24.3 Å². The van der Waals surface area contributed by atoms with Gasteiger partial charge in [0.15, 0.2) is 6.61 Å². The maximum Gasteiger partial charge on any atom is 0.341 e. The Bertz CT molecular complexity index is 1060. The lowest BCUT2D eigenvalue weighted by Gasteiger charge is -2.30. The number of non-ortho nitro benzene ring substituents is 1. The molecule has 32 heavy (non-hydrogen) atoms. The van der Waals surface area contributed by atoms with Gasteiger partial charge in [0.05, 0.1) is 21.1 Å². The van der Waals surface area contributed by atoms with Crippen LogP contribution in [0.3, 0.4) is 0 Å². The zero-order chi connectivity index (χ0) is 23.3. The van der Waals surface area contributed by atoms with Crippen LogP contribution in [-0.2, 0) is 9.53 Å². The molecular weight excluding hydrogens is 420 g/mol. The number of aryl methyl sites for hydroxylation is 1. The minimum Gasteiger partial charge on any atom is -0.452 e. The van der Waals surface area contributed by atoms with Gasteiger partial charge in [0.25, 0.3) is 17.3 Å². The second kappa shape index (κ2) is 9.86. The van der Waals surface area contributed by atoms with Crippen LogP contribution in [0.1, 0.15) is 35.2 Å². The lowest BCUT2D eigenvalue weighted by Crippen LogP contribution is -2.31. The number of anilines is 2. The molecule has 1 fully saturated rings. The summed E-state index contributed by atoms with van der Waals surface area (Å²) in [4.78, 5) is 48.1. The summed E-state index contributed by atoms with van der Waals surface area (Å²) in [7, 11) is 0. The minimum atomic E-state index is -0.885. The number of carbonyl (C=O) groups excluding carboxylic acids is 2. The van der Waals surface area contributed by atoms with E-state index in [0.29, 0.717) is 24.3 Å². The molecule has 0 radical (unpaired) electrons. The topological polar surface area (TPSA) is 145 Å². The van der Waals surface area contributed by atoms with E-state index in [4.69, 9.17) is 4.74 Å². The van der Waals surface area contributed by atoms with Gasteiger partial charge in [-0.25, -0.2) is 4.79 Å². The van der Waals surface area contributed by atoms with Crippen molar-refractivity contribution in [1.29, 1.82) is 0 Å². The molecule has 1 aliphatic heterocycles. The summed E-state index contributed by atoms with van der Waals surface area (Å²) in [5, 5.41) is 24.8. The van der Waals surface area contributed by atoms with Crippen molar-refractivity contribution >= 4 is 34.6 Å². The first kappa shape index (κ1) is 22.7. The second-order valence-electron chi connectivity index (χ2n) is 7.36. The molecule has 0 atom stereocenters. The number of hydrogen-bond acceptors (Lipinski definition) is 8. The summed E-state index contributed by atoms with van der Waals surface area (Å²) < 4.78 is 5.10. The van der Waals surface area contributed by atoms with Crippen molar-refractivity contribution < 1.29 is 24.2 Å².